The molecule has 0 aliphatic carbocycles. The highest BCUT2D eigenvalue weighted by atomic mass is 19.1. The molecule has 1 aromatic carbocycles. The van der Waals surface area contributed by atoms with Gasteiger partial charge in [-0.1, -0.05) is 19.1 Å². The van der Waals surface area contributed by atoms with Gasteiger partial charge in [0.25, 0.3) is 0 Å². The van der Waals surface area contributed by atoms with Gasteiger partial charge in [0.1, 0.15) is 5.82 Å². The number of hydrogen-bond acceptors (Lipinski definition) is 5. The summed E-state index contributed by atoms with van der Waals surface area (Å²) >= 11 is 0. The van der Waals surface area contributed by atoms with E-state index >= 15 is 0 Å². The summed E-state index contributed by atoms with van der Waals surface area (Å²) in [5.41, 5.74) is 4.05. The Hall–Kier alpha value is -2.74. The lowest BCUT2D eigenvalue weighted by atomic mass is 10.00. The van der Waals surface area contributed by atoms with E-state index in [0.717, 1.165) is 16.6 Å². The van der Waals surface area contributed by atoms with E-state index in [0.29, 0.717) is 12.2 Å². The molecule has 1 amide bonds. The Morgan fingerprint density at radius 3 is 3.00 bits per heavy atom. The predicted molar refractivity (Wildman–Crippen MR) is 90.0 cm³/mol. The first-order valence-corrected chi connectivity index (χ1v) is 8.06. The van der Waals surface area contributed by atoms with Crippen molar-refractivity contribution < 1.29 is 14.4 Å². The molecule has 25 heavy (non-hydrogen) atoms. The molecule has 2 heterocycles. The normalized spacial score (nSPS) is 17.0. The summed E-state index contributed by atoms with van der Waals surface area (Å²) in [6, 6.07) is 6.51. The number of rotatable bonds is 5. The molecule has 132 valence electrons. The fourth-order valence-corrected chi connectivity index (χ4v) is 3.01. The van der Waals surface area contributed by atoms with Gasteiger partial charge >= 0.3 is 0 Å². The van der Waals surface area contributed by atoms with E-state index in [1.165, 1.54) is 12.1 Å². The first kappa shape index (κ1) is 17.1. The number of hydroxylamine groups is 1. The summed E-state index contributed by atoms with van der Waals surface area (Å²) in [5, 5.41) is 19.5. The number of nitrogens with zero attached hydrogens (tertiary/aromatic N) is 3. The fraction of sp³-hybridized carbons (Fsp3) is 0.353. The summed E-state index contributed by atoms with van der Waals surface area (Å²) in [6.45, 7) is 4.62. The van der Waals surface area contributed by atoms with Crippen LogP contribution in [-0.4, -0.2) is 27.7 Å². The quantitative estimate of drug-likeness (QED) is 0.572. The van der Waals surface area contributed by atoms with E-state index in [9.17, 15) is 9.18 Å². The molecule has 0 saturated heterocycles. The minimum Gasteiger partial charge on any atom is -0.357 e. The third kappa shape index (κ3) is 3.69. The molecule has 3 N–H and O–H groups in total. The summed E-state index contributed by atoms with van der Waals surface area (Å²) in [5.74, 6) is -0.538. The number of halogens is 1. The van der Waals surface area contributed by atoms with Crippen molar-refractivity contribution in [2.45, 2.75) is 26.3 Å². The maximum absolute atomic E-state index is 13.4. The van der Waals surface area contributed by atoms with Crippen LogP contribution in [0.15, 0.2) is 46.4 Å². The molecule has 1 unspecified atom stereocenters. The van der Waals surface area contributed by atoms with Crippen molar-refractivity contribution in [3.05, 3.63) is 47.5 Å². The highest BCUT2D eigenvalue weighted by molar-refractivity contribution is 5.80. The van der Waals surface area contributed by atoms with Crippen LogP contribution in [0, 0.1) is 11.7 Å². The SMILES string of the molecule is CC(C)C(c1cc2cc(F)ccc2[nH]1)N1C/C(=C/CC(=O)NO)N=N1. The highest BCUT2D eigenvalue weighted by Gasteiger charge is 2.28. The minimum atomic E-state index is -0.501. The minimum absolute atomic E-state index is 0.0384. The van der Waals surface area contributed by atoms with Gasteiger partial charge < -0.3 is 4.98 Å². The average Bonchev–Trinajstić information content (AvgIpc) is 3.19. The third-order valence-electron chi connectivity index (χ3n) is 4.13. The number of aromatic nitrogens is 1. The van der Waals surface area contributed by atoms with Crippen LogP contribution >= 0.6 is 0 Å². The van der Waals surface area contributed by atoms with E-state index in [1.807, 2.05) is 11.1 Å². The molecule has 3 rings (SSSR count). The highest BCUT2D eigenvalue weighted by Crippen LogP contribution is 2.33. The van der Waals surface area contributed by atoms with Crippen LogP contribution < -0.4 is 5.48 Å². The van der Waals surface area contributed by atoms with Crippen LogP contribution in [0.2, 0.25) is 0 Å². The first-order valence-electron chi connectivity index (χ1n) is 8.06. The van der Waals surface area contributed by atoms with E-state index in [4.69, 9.17) is 5.21 Å². The zero-order valence-electron chi connectivity index (χ0n) is 14.0. The van der Waals surface area contributed by atoms with Crippen molar-refractivity contribution >= 4 is 16.8 Å². The molecule has 1 aliphatic rings. The zero-order valence-corrected chi connectivity index (χ0v) is 14.0. The summed E-state index contributed by atoms with van der Waals surface area (Å²) in [6.07, 6.45) is 1.67. The largest absolute Gasteiger partial charge is 0.357 e. The molecular formula is C17H20FN5O2. The number of nitrogens with one attached hydrogen (secondary N) is 2. The van der Waals surface area contributed by atoms with Gasteiger partial charge in [-0.25, -0.2) is 9.87 Å². The Balaban J connectivity index is 1.82. The molecule has 1 atom stereocenters. The Labute approximate surface area is 144 Å². The molecular weight excluding hydrogens is 325 g/mol. The van der Waals surface area contributed by atoms with E-state index in [2.05, 4.69) is 29.2 Å². The van der Waals surface area contributed by atoms with Crippen LogP contribution in [0.4, 0.5) is 4.39 Å². The van der Waals surface area contributed by atoms with Gasteiger partial charge in [-0.2, -0.15) is 0 Å². The van der Waals surface area contributed by atoms with Crippen molar-refractivity contribution in [3.8, 4) is 0 Å². The second kappa shape index (κ2) is 7.02. The van der Waals surface area contributed by atoms with Gasteiger partial charge in [-0.3, -0.25) is 15.0 Å². The number of hydrogen-bond donors (Lipinski definition) is 3. The van der Waals surface area contributed by atoms with Crippen LogP contribution in [0.1, 0.15) is 32.0 Å². The number of benzene rings is 1. The lowest BCUT2D eigenvalue weighted by molar-refractivity contribution is -0.128. The van der Waals surface area contributed by atoms with Crippen LogP contribution in [0.3, 0.4) is 0 Å². The molecule has 0 bridgehead atoms. The number of fused-ring (bicyclic) bond motifs is 1. The van der Waals surface area contributed by atoms with Crippen molar-refractivity contribution in [1.82, 2.24) is 15.5 Å². The maximum atomic E-state index is 13.4. The summed E-state index contributed by atoms with van der Waals surface area (Å²) in [4.78, 5) is 14.4. The lowest BCUT2D eigenvalue weighted by Gasteiger charge is -2.27. The van der Waals surface area contributed by atoms with Gasteiger partial charge in [-0.15, -0.1) is 5.11 Å². The van der Waals surface area contributed by atoms with Gasteiger partial charge in [0.05, 0.1) is 18.3 Å². The Morgan fingerprint density at radius 1 is 1.48 bits per heavy atom. The number of H-pyrrole nitrogens is 1. The summed E-state index contributed by atoms with van der Waals surface area (Å²) in [7, 11) is 0. The van der Waals surface area contributed by atoms with Crippen LogP contribution in [-0.2, 0) is 4.79 Å². The molecule has 2 aromatic rings. The number of aromatic amines is 1. The molecule has 0 saturated carbocycles. The zero-order chi connectivity index (χ0) is 18.0. The molecule has 0 fully saturated rings. The molecule has 0 spiro atoms. The number of amides is 1. The summed E-state index contributed by atoms with van der Waals surface area (Å²) < 4.78 is 13.4. The second-order valence-electron chi connectivity index (χ2n) is 6.37. The Morgan fingerprint density at radius 2 is 2.28 bits per heavy atom. The van der Waals surface area contributed by atoms with Gasteiger partial charge in [0, 0.05) is 23.0 Å². The molecule has 0 radical (unpaired) electrons. The standard InChI is InChI=1S/C17H20FN5O2/c1-10(2)17(15-8-11-7-12(18)3-5-14(11)19-15)23-9-13(20-22-23)4-6-16(24)21-25/h3-5,7-8,10,17,19,25H,6,9H2,1-2H3,(H,21,24)/b13-4-. The second-order valence-corrected chi connectivity index (χ2v) is 6.37. The predicted octanol–water partition coefficient (Wildman–Crippen LogP) is 3.47. The molecule has 1 aromatic heterocycles. The van der Waals surface area contributed by atoms with Gasteiger partial charge in [0.15, 0.2) is 0 Å². The third-order valence-corrected chi connectivity index (χ3v) is 4.13. The molecule has 8 heteroatoms. The number of carbonyl (C=O) groups excluding carboxylic acids is 1. The van der Waals surface area contributed by atoms with E-state index in [-0.39, 0.29) is 24.2 Å². The van der Waals surface area contributed by atoms with Crippen molar-refractivity contribution in [3.63, 3.8) is 0 Å². The topological polar surface area (TPSA) is 93.1 Å². The van der Waals surface area contributed by atoms with Gasteiger partial charge in [-0.05, 0) is 36.3 Å². The monoisotopic (exact) mass is 345 g/mol. The molecule has 1 aliphatic heterocycles. The van der Waals surface area contributed by atoms with Crippen molar-refractivity contribution in [2.24, 2.45) is 16.3 Å². The van der Waals surface area contributed by atoms with E-state index in [1.54, 1.807) is 17.6 Å². The van der Waals surface area contributed by atoms with Crippen LogP contribution in [0.5, 0.6) is 0 Å². The smallest absolute Gasteiger partial charge is 0.247 e. The van der Waals surface area contributed by atoms with Crippen molar-refractivity contribution in [1.29, 1.82) is 0 Å². The van der Waals surface area contributed by atoms with Crippen molar-refractivity contribution in [2.75, 3.05) is 6.54 Å². The van der Waals surface area contributed by atoms with Crippen LogP contribution in [0.25, 0.3) is 10.9 Å². The number of carbonyl (C=O) groups is 1. The maximum Gasteiger partial charge on any atom is 0.247 e. The fourth-order valence-electron chi connectivity index (χ4n) is 3.01. The molecule has 7 nitrogen and oxygen atoms in total. The Kier molecular flexibility index (Phi) is 4.80. The van der Waals surface area contributed by atoms with Gasteiger partial charge in [0.2, 0.25) is 5.91 Å². The first-order chi connectivity index (χ1) is 12.0. The average molecular weight is 345 g/mol. The lowest BCUT2D eigenvalue weighted by Crippen LogP contribution is -2.26. The van der Waals surface area contributed by atoms with E-state index < -0.39 is 5.91 Å². The Bertz CT molecular complexity index is 843.